The number of aromatic nitrogens is 3. The molecule has 0 amide bonds. The minimum Gasteiger partial charge on any atom is -0.393 e. The van der Waals surface area contributed by atoms with E-state index in [1.807, 2.05) is 48.5 Å². The molecule has 0 spiro atoms. The Morgan fingerprint density at radius 2 is 1.50 bits per heavy atom. The van der Waals surface area contributed by atoms with E-state index in [1.165, 1.54) is 6.33 Å². The van der Waals surface area contributed by atoms with Gasteiger partial charge in [-0.25, -0.2) is 9.97 Å². The van der Waals surface area contributed by atoms with Crippen molar-refractivity contribution in [1.82, 2.24) is 15.0 Å². The van der Waals surface area contributed by atoms with E-state index in [0.717, 1.165) is 22.3 Å². The fraction of sp³-hybridized carbons (Fsp3) is 0. The smallest absolute Gasteiger partial charge is 0.159 e. The van der Waals surface area contributed by atoms with Gasteiger partial charge in [-0.3, -0.25) is 4.98 Å². The molecule has 0 unspecified atom stereocenters. The monoisotopic (exact) mass is 362 g/mol. The van der Waals surface area contributed by atoms with Gasteiger partial charge < -0.3 is 16.4 Å². The standard InChI is InChI=1S/C19H15ClN6/c20-13-6-1-2-7-16(13)26-19-17(21)18(23-11-24-19)25-15-9-3-8-14-12(15)5-4-10-22-14/h1-11H,21H2,(H2,23,24,25,26). The van der Waals surface area contributed by atoms with Gasteiger partial charge in [-0.15, -0.1) is 0 Å². The summed E-state index contributed by atoms with van der Waals surface area (Å²) in [4.78, 5) is 12.8. The van der Waals surface area contributed by atoms with Crippen molar-refractivity contribution >= 4 is 51.2 Å². The maximum absolute atomic E-state index is 6.26. The van der Waals surface area contributed by atoms with Crippen molar-refractivity contribution in [2.75, 3.05) is 16.4 Å². The third-order valence-corrected chi connectivity index (χ3v) is 4.24. The van der Waals surface area contributed by atoms with Crippen LogP contribution in [-0.2, 0) is 0 Å². The van der Waals surface area contributed by atoms with Crippen LogP contribution in [0.3, 0.4) is 0 Å². The highest BCUT2D eigenvalue weighted by atomic mass is 35.5. The normalized spacial score (nSPS) is 10.7. The third-order valence-electron chi connectivity index (χ3n) is 3.91. The molecule has 4 aromatic rings. The second kappa shape index (κ2) is 6.85. The Bertz CT molecular complexity index is 1080. The summed E-state index contributed by atoms with van der Waals surface area (Å²) in [6.45, 7) is 0. The maximum atomic E-state index is 6.26. The van der Waals surface area contributed by atoms with E-state index >= 15 is 0 Å². The summed E-state index contributed by atoms with van der Waals surface area (Å²) in [7, 11) is 0. The molecule has 6 nitrogen and oxygen atoms in total. The molecule has 128 valence electrons. The Hall–Kier alpha value is -3.38. The highest BCUT2D eigenvalue weighted by molar-refractivity contribution is 6.33. The zero-order chi connectivity index (χ0) is 17.9. The molecule has 26 heavy (non-hydrogen) atoms. The first-order valence-corrected chi connectivity index (χ1v) is 8.33. The molecule has 0 aliphatic carbocycles. The van der Waals surface area contributed by atoms with Gasteiger partial charge in [-0.1, -0.05) is 29.8 Å². The van der Waals surface area contributed by atoms with Crippen LogP contribution in [0.25, 0.3) is 10.9 Å². The molecule has 4 rings (SSSR count). The molecule has 0 bridgehead atoms. The lowest BCUT2D eigenvalue weighted by Gasteiger charge is -2.14. The van der Waals surface area contributed by atoms with Gasteiger partial charge in [0.05, 0.1) is 16.2 Å². The fourth-order valence-electron chi connectivity index (χ4n) is 2.62. The molecule has 0 atom stereocenters. The fourth-order valence-corrected chi connectivity index (χ4v) is 2.81. The third kappa shape index (κ3) is 3.10. The van der Waals surface area contributed by atoms with Crippen LogP contribution in [-0.4, -0.2) is 15.0 Å². The van der Waals surface area contributed by atoms with E-state index in [4.69, 9.17) is 17.3 Å². The lowest BCUT2D eigenvalue weighted by molar-refractivity contribution is 1.17. The summed E-state index contributed by atoms with van der Waals surface area (Å²) in [5.41, 5.74) is 9.14. The van der Waals surface area contributed by atoms with E-state index in [1.54, 1.807) is 12.3 Å². The summed E-state index contributed by atoms with van der Waals surface area (Å²) in [6, 6.07) is 17.1. The minimum atomic E-state index is 0.397. The number of hydrogen-bond acceptors (Lipinski definition) is 6. The molecular weight excluding hydrogens is 348 g/mol. The number of halogens is 1. The summed E-state index contributed by atoms with van der Waals surface area (Å²) in [5, 5.41) is 7.97. The maximum Gasteiger partial charge on any atom is 0.159 e. The van der Waals surface area contributed by atoms with Crippen LogP contribution >= 0.6 is 11.6 Å². The summed E-state index contributed by atoms with van der Waals surface area (Å²) in [5.74, 6) is 0.986. The summed E-state index contributed by atoms with van der Waals surface area (Å²) in [6.07, 6.45) is 3.21. The molecule has 2 aromatic carbocycles. The van der Waals surface area contributed by atoms with Gasteiger partial charge in [0.15, 0.2) is 11.6 Å². The molecule has 0 aliphatic rings. The zero-order valence-electron chi connectivity index (χ0n) is 13.6. The van der Waals surface area contributed by atoms with Crippen molar-refractivity contribution < 1.29 is 0 Å². The van der Waals surface area contributed by atoms with Crippen molar-refractivity contribution in [3.63, 3.8) is 0 Å². The molecule has 0 saturated carbocycles. The van der Waals surface area contributed by atoms with Gasteiger partial charge >= 0.3 is 0 Å². The number of rotatable bonds is 4. The average molecular weight is 363 g/mol. The van der Waals surface area contributed by atoms with Crippen molar-refractivity contribution in [1.29, 1.82) is 0 Å². The van der Waals surface area contributed by atoms with Gasteiger partial charge in [0.25, 0.3) is 0 Å². The quantitative estimate of drug-likeness (QED) is 0.485. The van der Waals surface area contributed by atoms with Crippen molar-refractivity contribution in [3.05, 3.63) is 72.1 Å². The first kappa shape index (κ1) is 16.1. The molecule has 2 aromatic heterocycles. The zero-order valence-corrected chi connectivity index (χ0v) is 14.4. The molecule has 0 aliphatic heterocycles. The van der Waals surface area contributed by atoms with Crippen LogP contribution in [0.15, 0.2) is 67.1 Å². The number of pyridine rings is 1. The van der Waals surface area contributed by atoms with Crippen LogP contribution in [0.5, 0.6) is 0 Å². The molecule has 0 radical (unpaired) electrons. The molecule has 7 heteroatoms. The first-order chi connectivity index (χ1) is 12.7. The lowest BCUT2D eigenvalue weighted by atomic mass is 10.2. The number of nitrogens with one attached hydrogen (secondary N) is 2. The van der Waals surface area contributed by atoms with E-state index in [9.17, 15) is 0 Å². The Morgan fingerprint density at radius 3 is 2.31 bits per heavy atom. The van der Waals surface area contributed by atoms with Gasteiger partial charge in [0.2, 0.25) is 0 Å². The van der Waals surface area contributed by atoms with Crippen molar-refractivity contribution in [2.24, 2.45) is 0 Å². The Labute approximate surface area is 155 Å². The van der Waals surface area contributed by atoms with Crippen LogP contribution in [0, 0.1) is 0 Å². The van der Waals surface area contributed by atoms with E-state index < -0.39 is 0 Å². The number of benzene rings is 2. The van der Waals surface area contributed by atoms with E-state index in [2.05, 4.69) is 25.6 Å². The molecule has 4 N–H and O–H groups in total. The van der Waals surface area contributed by atoms with Crippen LogP contribution in [0.2, 0.25) is 5.02 Å². The number of nitrogens with zero attached hydrogens (tertiary/aromatic N) is 3. The number of nitrogen functional groups attached to an aromatic ring is 1. The second-order valence-corrected chi connectivity index (χ2v) is 6.00. The van der Waals surface area contributed by atoms with Crippen LogP contribution in [0.4, 0.5) is 28.7 Å². The Kier molecular flexibility index (Phi) is 4.25. The van der Waals surface area contributed by atoms with Crippen LogP contribution < -0.4 is 16.4 Å². The summed E-state index contributed by atoms with van der Waals surface area (Å²) >= 11 is 6.19. The number of para-hydroxylation sites is 1. The summed E-state index contributed by atoms with van der Waals surface area (Å²) < 4.78 is 0. The SMILES string of the molecule is Nc1c(Nc2ccccc2Cl)ncnc1Nc1cccc2ncccc12. The van der Waals surface area contributed by atoms with Gasteiger partial charge in [0.1, 0.15) is 12.0 Å². The highest BCUT2D eigenvalue weighted by Crippen LogP contribution is 2.32. The minimum absolute atomic E-state index is 0.397. The first-order valence-electron chi connectivity index (χ1n) is 7.95. The number of nitrogens with two attached hydrogens (primary N) is 1. The molecule has 2 heterocycles. The van der Waals surface area contributed by atoms with Crippen LogP contribution in [0.1, 0.15) is 0 Å². The van der Waals surface area contributed by atoms with Crippen molar-refractivity contribution in [2.45, 2.75) is 0 Å². The van der Waals surface area contributed by atoms with E-state index in [-0.39, 0.29) is 0 Å². The van der Waals surface area contributed by atoms with Gasteiger partial charge in [-0.2, -0.15) is 0 Å². The van der Waals surface area contributed by atoms with Gasteiger partial charge in [-0.05, 0) is 36.4 Å². The molecule has 0 fully saturated rings. The molecular formula is C19H15ClN6. The predicted octanol–water partition coefficient (Wildman–Crippen LogP) is 4.75. The van der Waals surface area contributed by atoms with Gasteiger partial charge in [0, 0.05) is 17.3 Å². The highest BCUT2D eigenvalue weighted by Gasteiger charge is 2.11. The topological polar surface area (TPSA) is 88.8 Å². The number of fused-ring (bicyclic) bond motifs is 1. The number of hydrogen-bond donors (Lipinski definition) is 3. The Morgan fingerprint density at radius 1 is 0.769 bits per heavy atom. The Balaban J connectivity index is 1.69. The van der Waals surface area contributed by atoms with E-state index in [0.29, 0.717) is 22.3 Å². The lowest BCUT2D eigenvalue weighted by Crippen LogP contribution is -2.05. The predicted molar refractivity (Wildman–Crippen MR) is 106 cm³/mol. The average Bonchev–Trinajstić information content (AvgIpc) is 2.67. The molecule has 0 saturated heterocycles. The number of anilines is 5. The second-order valence-electron chi connectivity index (χ2n) is 5.59. The van der Waals surface area contributed by atoms with Crippen molar-refractivity contribution in [3.8, 4) is 0 Å². The largest absolute Gasteiger partial charge is 0.393 e.